The van der Waals surface area contributed by atoms with Gasteiger partial charge in [-0.3, -0.25) is 4.79 Å². The first-order valence-corrected chi connectivity index (χ1v) is 9.25. The van der Waals surface area contributed by atoms with Crippen molar-refractivity contribution in [3.8, 4) is 5.75 Å². The number of likely N-dealkylation sites (N-methyl/N-ethyl adjacent to an activating group) is 1. The van der Waals surface area contributed by atoms with Crippen LogP contribution in [0.4, 0.5) is 0 Å². The van der Waals surface area contributed by atoms with Gasteiger partial charge in [-0.25, -0.2) is 0 Å². The molecule has 1 unspecified atom stereocenters. The van der Waals surface area contributed by atoms with Gasteiger partial charge in [-0.1, -0.05) is 88.3 Å². The van der Waals surface area contributed by atoms with Crippen LogP contribution in [-0.2, 0) is 11.2 Å². The number of aromatic hydroxyl groups is 1. The van der Waals surface area contributed by atoms with E-state index in [4.69, 9.17) is 0 Å². The zero-order valence-electron chi connectivity index (χ0n) is 18.0. The molecule has 4 heteroatoms. The molecule has 0 saturated carbocycles. The Morgan fingerprint density at radius 3 is 1.65 bits per heavy atom. The van der Waals surface area contributed by atoms with Gasteiger partial charge in [0.05, 0.1) is 6.04 Å². The molecule has 0 aliphatic heterocycles. The minimum atomic E-state index is -0.343. The van der Waals surface area contributed by atoms with Crippen LogP contribution in [0.2, 0.25) is 0 Å². The standard InChI is InChI=1S/C14H21NO2.C3H8.2C2H6.CH4.Ar/c1-14(2,3)13(17)12(15-4)9-10-5-7-11(16)8-6-10;1-3-2;2*1-2;;/h5-8,12,15-16H,9H2,1-4H3;3H2,1-2H3;2*1-2H3;1H4;. The van der Waals surface area contributed by atoms with Crippen molar-refractivity contribution in [3.63, 3.8) is 0 Å². The van der Waals surface area contributed by atoms with E-state index in [-0.39, 0.29) is 68.2 Å². The van der Waals surface area contributed by atoms with Gasteiger partial charge >= 0.3 is 0 Å². The van der Waals surface area contributed by atoms with Crippen LogP contribution < -0.4 is 5.32 Å². The minimum absolute atomic E-state index is 0. The van der Waals surface area contributed by atoms with Crippen LogP contribution in [0, 0.1) is 43.2 Å². The van der Waals surface area contributed by atoms with Crippen molar-refractivity contribution in [2.45, 2.75) is 88.6 Å². The zero-order chi connectivity index (χ0) is 19.8. The van der Waals surface area contributed by atoms with Crippen LogP contribution >= 0.6 is 0 Å². The number of Topliss-reactive ketones (excluding diaryl/α,β-unsaturated/α-hetero) is 1. The van der Waals surface area contributed by atoms with Crippen molar-refractivity contribution in [2.75, 3.05) is 7.05 Å². The first-order valence-electron chi connectivity index (χ1n) is 9.25. The Morgan fingerprint density at radius 2 is 1.38 bits per heavy atom. The first kappa shape index (κ1) is 36.8. The molecule has 0 aliphatic carbocycles. The van der Waals surface area contributed by atoms with E-state index in [1.54, 1.807) is 19.2 Å². The molecule has 0 aliphatic rings. The molecule has 26 heavy (non-hydrogen) atoms. The third-order valence-corrected chi connectivity index (χ3v) is 2.78. The monoisotopic (exact) mass is 395 g/mol. The molecule has 1 rings (SSSR count). The van der Waals surface area contributed by atoms with Gasteiger partial charge in [0.25, 0.3) is 0 Å². The molecule has 3 nitrogen and oxygen atoms in total. The fourth-order valence-electron chi connectivity index (χ4n) is 1.72. The summed E-state index contributed by atoms with van der Waals surface area (Å²) in [6, 6.07) is 6.79. The smallest absolute Gasteiger partial charge is 0.155 e. The van der Waals surface area contributed by atoms with Crippen LogP contribution in [0.1, 0.15) is 81.7 Å². The Bertz CT molecular complexity index is 398. The quantitative estimate of drug-likeness (QED) is 0.634. The number of phenols is 1. The van der Waals surface area contributed by atoms with Crippen LogP contribution in [-0.4, -0.2) is 24.0 Å². The third kappa shape index (κ3) is 18.7. The van der Waals surface area contributed by atoms with Crippen molar-refractivity contribution in [1.29, 1.82) is 0 Å². The van der Waals surface area contributed by atoms with E-state index < -0.39 is 0 Å². The number of hydrogen-bond donors (Lipinski definition) is 2. The van der Waals surface area contributed by atoms with Gasteiger partial charge in [-0.05, 0) is 31.2 Å². The molecule has 1 aromatic carbocycles. The number of benzene rings is 1. The topological polar surface area (TPSA) is 49.3 Å². The van der Waals surface area contributed by atoms with Crippen LogP contribution in [0.25, 0.3) is 0 Å². The molecule has 0 bridgehead atoms. The predicted octanol–water partition coefficient (Wildman–Crippen LogP) is 6.24. The normalized spacial score (nSPS) is 9.92. The molecule has 158 valence electrons. The van der Waals surface area contributed by atoms with E-state index in [1.165, 1.54) is 6.42 Å². The number of ketones is 1. The molecule has 1 atom stereocenters. The Balaban J connectivity index is -0.000000144. The van der Waals surface area contributed by atoms with E-state index in [2.05, 4.69) is 19.2 Å². The summed E-state index contributed by atoms with van der Waals surface area (Å²) in [5, 5.41) is 12.3. The number of rotatable bonds is 4. The van der Waals surface area contributed by atoms with E-state index in [1.807, 2.05) is 60.6 Å². The zero-order valence-corrected chi connectivity index (χ0v) is 18.7. The molecular formula is C22H45ArNO2. The van der Waals surface area contributed by atoms with Gasteiger partial charge in [0.1, 0.15) is 5.75 Å². The first-order chi connectivity index (χ1) is 11.3. The van der Waals surface area contributed by atoms with Crippen LogP contribution in [0.15, 0.2) is 24.3 Å². The number of carbonyl (C=O) groups is 1. The van der Waals surface area contributed by atoms with E-state index in [0.717, 1.165) is 5.56 Å². The summed E-state index contributed by atoms with van der Waals surface area (Å²) in [6.07, 6.45) is 1.90. The largest absolute Gasteiger partial charge is 0.508 e. The second kappa shape index (κ2) is 22.9. The van der Waals surface area contributed by atoms with Gasteiger partial charge < -0.3 is 10.4 Å². The van der Waals surface area contributed by atoms with Crippen molar-refractivity contribution in [1.82, 2.24) is 5.32 Å². The summed E-state index contributed by atoms with van der Waals surface area (Å²) >= 11 is 0. The fraction of sp³-hybridized carbons (Fsp3) is 0.682. The summed E-state index contributed by atoms with van der Waals surface area (Å²) in [5.74, 6) is 0.449. The molecular weight excluding hydrogens is 350 g/mol. The number of nitrogens with one attached hydrogen (secondary N) is 1. The van der Waals surface area contributed by atoms with Crippen molar-refractivity contribution >= 4 is 5.78 Å². The second-order valence-electron chi connectivity index (χ2n) is 6.03. The Morgan fingerprint density at radius 1 is 1.04 bits per heavy atom. The average molecular weight is 396 g/mol. The second-order valence-corrected chi connectivity index (χ2v) is 6.03. The maximum atomic E-state index is 12.2. The molecule has 0 radical (unpaired) electrons. The van der Waals surface area contributed by atoms with E-state index >= 15 is 0 Å². The van der Waals surface area contributed by atoms with Gasteiger partial charge in [-0.15, -0.1) is 0 Å². The maximum absolute atomic E-state index is 12.2. The number of hydrogen-bond acceptors (Lipinski definition) is 3. The van der Waals surface area contributed by atoms with Gasteiger partial charge in [0, 0.05) is 43.2 Å². The SMILES string of the molecule is C.CC.CC.CCC.CNC(Cc1ccc(O)cc1)C(=O)C(C)(C)C.[Ar]. The van der Waals surface area contributed by atoms with E-state index in [9.17, 15) is 9.90 Å². The molecule has 0 fully saturated rings. The average Bonchev–Trinajstić information content (AvgIpc) is 2.57. The summed E-state index contributed by atoms with van der Waals surface area (Å²) in [4.78, 5) is 12.2. The predicted molar refractivity (Wildman–Crippen MR) is 115 cm³/mol. The van der Waals surface area contributed by atoms with Crippen LogP contribution in [0.5, 0.6) is 5.75 Å². The number of carbonyl (C=O) groups excluding carboxylic acids is 1. The molecule has 0 saturated heterocycles. The number of phenolic OH excluding ortho intramolecular Hbond substituents is 1. The Kier molecular flexibility index (Phi) is 32.5. The summed E-state index contributed by atoms with van der Waals surface area (Å²) in [6.45, 7) is 18.0. The van der Waals surface area contributed by atoms with Crippen LogP contribution in [0.3, 0.4) is 0 Å². The Hall–Kier alpha value is -0.0903. The summed E-state index contributed by atoms with van der Waals surface area (Å²) < 4.78 is 0. The molecule has 0 amide bonds. The Labute approximate surface area is 194 Å². The maximum Gasteiger partial charge on any atom is 0.155 e. The third-order valence-electron chi connectivity index (χ3n) is 2.78. The molecule has 2 N–H and O–H groups in total. The minimum Gasteiger partial charge on any atom is -0.508 e. The van der Waals surface area contributed by atoms with Gasteiger partial charge in [0.2, 0.25) is 0 Å². The molecule has 0 spiro atoms. The summed E-state index contributed by atoms with van der Waals surface area (Å²) in [5.41, 5.74) is 0.699. The van der Waals surface area contributed by atoms with Crippen molar-refractivity contribution in [2.24, 2.45) is 5.41 Å². The van der Waals surface area contributed by atoms with Gasteiger partial charge in [-0.2, -0.15) is 0 Å². The molecule has 0 aromatic heterocycles. The van der Waals surface area contributed by atoms with Crippen molar-refractivity contribution in [3.05, 3.63) is 29.8 Å². The summed E-state index contributed by atoms with van der Waals surface area (Å²) in [7, 11) is 1.80. The fourth-order valence-corrected chi connectivity index (χ4v) is 1.72. The van der Waals surface area contributed by atoms with E-state index in [0.29, 0.717) is 6.42 Å². The van der Waals surface area contributed by atoms with Gasteiger partial charge in [0.15, 0.2) is 5.78 Å². The molecule has 0 heterocycles. The molecule has 1 aromatic rings. The van der Waals surface area contributed by atoms with Crippen molar-refractivity contribution < 1.29 is 47.6 Å².